The standard InChI is InChI=1S/C21H12ClF3N2/c22-15-10-8-14(9-11-15)19-18(21(23,24)25)17(13-5-2-1-3-6-13)16-7-4-12-26-20(16)27-19/h1-12H. The normalized spacial score (nSPS) is 11.7. The third-order valence-electron chi connectivity index (χ3n) is 4.22. The zero-order valence-corrected chi connectivity index (χ0v) is 14.6. The smallest absolute Gasteiger partial charge is 0.237 e. The lowest BCUT2D eigenvalue weighted by Crippen LogP contribution is -2.12. The van der Waals surface area contributed by atoms with Crippen LogP contribution in [0.25, 0.3) is 33.4 Å². The number of nitrogens with zero attached hydrogens (tertiary/aromatic N) is 2. The maximum Gasteiger partial charge on any atom is 0.419 e. The molecule has 0 aliphatic carbocycles. The summed E-state index contributed by atoms with van der Waals surface area (Å²) in [5, 5.41) is 0.795. The van der Waals surface area contributed by atoms with Gasteiger partial charge in [-0.25, -0.2) is 9.97 Å². The molecule has 0 radical (unpaired) electrons. The zero-order chi connectivity index (χ0) is 19.0. The molecule has 0 N–H and O–H groups in total. The molecule has 0 aliphatic heterocycles. The van der Waals surface area contributed by atoms with Crippen molar-refractivity contribution >= 4 is 22.6 Å². The molecule has 6 heteroatoms. The molecule has 2 aromatic heterocycles. The predicted octanol–water partition coefficient (Wildman–Crippen LogP) is 6.64. The number of pyridine rings is 2. The summed E-state index contributed by atoms with van der Waals surface area (Å²) in [6.07, 6.45) is -3.08. The van der Waals surface area contributed by atoms with Crippen LogP contribution in [0.3, 0.4) is 0 Å². The first-order valence-corrected chi connectivity index (χ1v) is 8.50. The molecule has 134 valence electrons. The molecule has 0 saturated carbocycles. The van der Waals surface area contributed by atoms with E-state index in [1.807, 2.05) is 0 Å². The largest absolute Gasteiger partial charge is 0.419 e. The molecular formula is C21H12ClF3N2. The monoisotopic (exact) mass is 384 g/mol. The molecule has 0 amide bonds. The van der Waals surface area contributed by atoms with Crippen molar-refractivity contribution in [3.05, 3.63) is 83.5 Å². The van der Waals surface area contributed by atoms with Gasteiger partial charge in [-0.05, 0) is 29.8 Å². The van der Waals surface area contributed by atoms with Gasteiger partial charge in [0.05, 0.1) is 11.3 Å². The van der Waals surface area contributed by atoms with Crippen LogP contribution in [0.5, 0.6) is 0 Å². The Kier molecular flexibility index (Phi) is 4.32. The van der Waals surface area contributed by atoms with Gasteiger partial charge in [-0.15, -0.1) is 0 Å². The number of hydrogen-bond acceptors (Lipinski definition) is 2. The van der Waals surface area contributed by atoms with Gasteiger partial charge in [0.15, 0.2) is 5.65 Å². The number of benzene rings is 2. The van der Waals surface area contributed by atoms with E-state index in [1.54, 1.807) is 54.6 Å². The van der Waals surface area contributed by atoms with Crippen molar-refractivity contribution < 1.29 is 13.2 Å². The Bertz CT molecular complexity index is 1110. The number of halogens is 4. The molecule has 4 aromatic rings. The Morgan fingerprint density at radius 2 is 1.48 bits per heavy atom. The van der Waals surface area contributed by atoms with Crippen molar-refractivity contribution in [1.29, 1.82) is 0 Å². The lowest BCUT2D eigenvalue weighted by atomic mass is 9.92. The first kappa shape index (κ1) is 17.5. The van der Waals surface area contributed by atoms with E-state index >= 15 is 0 Å². The highest BCUT2D eigenvalue weighted by atomic mass is 35.5. The van der Waals surface area contributed by atoms with Crippen molar-refractivity contribution in [2.45, 2.75) is 6.18 Å². The summed E-state index contributed by atoms with van der Waals surface area (Å²) in [5.41, 5.74) is 0.179. The van der Waals surface area contributed by atoms with Crippen LogP contribution in [-0.2, 0) is 6.18 Å². The number of aromatic nitrogens is 2. The molecule has 0 atom stereocenters. The van der Waals surface area contributed by atoms with Crippen molar-refractivity contribution in [2.24, 2.45) is 0 Å². The molecule has 0 aliphatic rings. The van der Waals surface area contributed by atoms with Gasteiger partial charge in [-0.2, -0.15) is 13.2 Å². The predicted molar refractivity (Wildman–Crippen MR) is 100 cm³/mol. The first-order valence-electron chi connectivity index (χ1n) is 8.12. The second-order valence-electron chi connectivity index (χ2n) is 5.96. The van der Waals surface area contributed by atoms with Crippen molar-refractivity contribution in [1.82, 2.24) is 9.97 Å². The third-order valence-corrected chi connectivity index (χ3v) is 4.48. The molecule has 2 aromatic carbocycles. The van der Waals surface area contributed by atoms with Gasteiger partial charge in [0.2, 0.25) is 0 Å². The fourth-order valence-electron chi connectivity index (χ4n) is 3.09. The molecule has 2 heterocycles. The average Bonchev–Trinajstić information content (AvgIpc) is 2.67. The van der Waals surface area contributed by atoms with E-state index in [9.17, 15) is 13.2 Å². The number of alkyl halides is 3. The van der Waals surface area contributed by atoms with Crippen molar-refractivity contribution in [3.8, 4) is 22.4 Å². The fourth-order valence-corrected chi connectivity index (χ4v) is 3.22. The summed E-state index contributed by atoms with van der Waals surface area (Å²) in [6, 6.07) is 17.9. The summed E-state index contributed by atoms with van der Waals surface area (Å²) < 4.78 is 42.6. The summed E-state index contributed by atoms with van der Waals surface area (Å²) in [4.78, 5) is 8.44. The van der Waals surface area contributed by atoms with Crippen LogP contribution in [0, 0.1) is 0 Å². The van der Waals surface area contributed by atoms with E-state index in [1.165, 1.54) is 18.3 Å². The second kappa shape index (κ2) is 6.67. The zero-order valence-electron chi connectivity index (χ0n) is 13.8. The van der Waals surface area contributed by atoms with Gasteiger partial charge in [-0.3, -0.25) is 0 Å². The molecule has 2 nitrogen and oxygen atoms in total. The highest BCUT2D eigenvalue weighted by molar-refractivity contribution is 6.30. The minimum Gasteiger partial charge on any atom is -0.237 e. The molecule has 0 saturated heterocycles. The van der Waals surface area contributed by atoms with Crippen LogP contribution in [0.2, 0.25) is 5.02 Å². The topological polar surface area (TPSA) is 25.8 Å². The van der Waals surface area contributed by atoms with Gasteiger partial charge in [0.1, 0.15) is 0 Å². The van der Waals surface area contributed by atoms with Gasteiger partial charge in [0, 0.05) is 27.7 Å². The van der Waals surface area contributed by atoms with Gasteiger partial charge < -0.3 is 0 Å². The second-order valence-corrected chi connectivity index (χ2v) is 6.39. The minimum absolute atomic E-state index is 0.0751. The molecular weight excluding hydrogens is 373 g/mol. The van der Waals surface area contributed by atoms with E-state index in [-0.39, 0.29) is 16.9 Å². The third kappa shape index (κ3) is 3.26. The maximum atomic E-state index is 14.2. The number of hydrogen-bond donors (Lipinski definition) is 0. The van der Waals surface area contributed by atoms with E-state index in [0.717, 1.165) is 0 Å². The highest BCUT2D eigenvalue weighted by Crippen LogP contribution is 2.45. The average molecular weight is 385 g/mol. The maximum absolute atomic E-state index is 14.2. The Morgan fingerprint density at radius 3 is 2.15 bits per heavy atom. The van der Waals surface area contributed by atoms with E-state index in [2.05, 4.69) is 9.97 Å². The number of rotatable bonds is 2. The molecule has 0 fully saturated rings. The van der Waals surface area contributed by atoms with Gasteiger partial charge >= 0.3 is 6.18 Å². The number of fused-ring (bicyclic) bond motifs is 1. The fraction of sp³-hybridized carbons (Fsp3) is 0.0476. The molecule has 0 spiro atoms. The lowest BCUT2D eigenvalue weighted by Gasteiger charge is -2.19. The van der Waals surface area contributed by atoms with E-state index in [0.29, 0.717) is 21.5 Å². The van der Waals surface area contributed by atoms with Crippen LogP contribution in [0.1, 0.15) is 5.56 Å². The Hall–Kier alpha value is -2.92. The minimum atomic E-state index is -4.60. The summed E-state index contributed by atoms with van der Waals surface area (Å²) in [7, 11) is 0. The quantitative estimate of drug-likeness (QED) is 0.387. The van der Waals surface area contributed by atoms with Gasteiger partial charge in [-0.1, -0.05) is 54.1 Å². The Labute approximate surface area is 158 Å². The van der Waals surface area contributed by atoms with Crippen molar-refractivity contribution in [3.63, 3.8) is 0 Å². The summed E-state index contributed by atoms with van der Waals surface area (Å²) in [6.45, 7) is 0. The Morgan fingerprint density at radius 1 is 0.778 bits per heavy atom. The van der Waals surface area contributed by atoms with Crippen LogP contribution in [-0.4, -0.2) is 9.97 Å². The van der Waals surface area contributed by atoms with E-state index in [4.69, 9.17) is 11.6 Å². The Balaban J connectivity index is 2.17. The summed E-state index contributed by atoms with van der Waals surface area (Å²) >= 11 is 5.90. The van der Waals surface area contributed by atoms with Crippen molar-refractivity contribution in [2.75, 3.05) is 0 Å². The van der Waals surface area contributed by atoms with E-state index < -0.39 is 11.7 Å². The van der Waals surface area contributed by atoms with Crippen LogP contribution < -0.4 is 0 Å². The lowest BCUT2D eigenvalue weighted by molar-refractivity contribution is -0.136. The molecule has 4 rings (SSSR count). The molecule has 0 unspecified atom stereocenters. The first-order chi connectivity index (χ1) is 12.9. The molecule has 27 heavy (non-hydrogen) atoms. The van der Waals surface area contributed by atoms with Gasteiger partial charge in [0.25, 0.3) is 0 Å². The van der Waals surface area contributed by atoms with Crippen LogP contribution >= 0.6 is 11.6 Å². The summed E-state index contributed by atoms with van der Waals surface area (Å²) in [5.74, 6) is 0. The molecule has 0 bridgehead atoms. The van der Waals surface area contributed by atoms with Crippen LogP contribution in [0.4, 0.5) is 13.2 Å². The highest BCUT2D eigenvalue weighted by Gasteiger charge is 2.39. The van der Waals surface area contributed by atoms with Crippen LogP contribution in [0.15, 0.2) is 72.9 Å². The SMILES string of the molecule is FC(F)(F)c1c(-c2ccc(Cl)cc2)nc2ncccc2c1-c1ccccc1.